The Morgan fingerprint density at radius 3 is 2.06 bits per heavy atom. The molecule has 0 atom stereocenters. The molecule has 0 saturated carbocycles. The van der Waals surface area contributed by atoms with Crippen molar-refractivity contribution in [2.24, 2.45) is 0 Å². The van der Waals surface area contributed by atoms with Crippen LogP contribution in [-0.2, 0) is 29.3 Å². The zero-order chi connectivity index (χ0) is 21.4. The van der Waals surface area contributed by atoms with E-state index in [4.69, 9.17) is 0 Å². The monoisotopic (exact) mass is 427 g/mol. The third kappa shape index (κ3) is 3.51. The van der Waals surface area contributed by atoms with Crippen LogP contribution < -0.4 is 0 Å². The fourth-order valence-electron chi connectivity index (χ4n) is 4.64. The molecule has 5 rings (SSSR count). The van der Waals surface area contributed by atoms with Crippen LogP contribution in [0.1, 0.15) is 34.4 Å². The quantitative estimate of drug-likeness (QED) is 0.405. The molecule has 0 N–H and O–H groups in total. The predicted molar refractivity (Wildman–Crippen MR) is 125 cm³/mol. The Morgan fingerprint density at radius 2 is 1.39 bits per heavy atom. The molecule has 3 aromatic carbocycles. The van der Waals surface area contributed by atoms with E-state index in [2.05, 4.69) is 12.1 Å². The molecule has 1 aliphatic carbocycles. The van der Waals surface area contributed by atoms with Crippen molar-refractivity contribution in [3.63, 3.8) is 0 Å². The van der Waals surface area contributed by atoms with E-state index in [0.29, 0.717) is 11.3 Å². The van der Waals surface area contributed by atoms with Crippen molar-refractivity contribution in [2.75, 3.05) is 0 Å². The number of benzene rings is 3. The number of nitrogens with zero attached hydrogens (tertiary/aromatic N) is 1. The van der Waals surface area contributed by atoms with Crippen molar-refractivity contribution >= 4 is 10.0 Å². The third-order valence-electron chi connectivity index (χ3n) is 6.12. The van der Waals surface area contributed by atoms with E-state index in [1.165, 1.54) is 11.1 Å². The molecule has 0 spiro atoms. The molecule has 4 heteroatoms. The second-order valence-electron chi connectivity index (χ2n) is 8.22. The molecule has 0 amide bonds. The van der Waals surface area contributed by atoms with Gasteiger partial charge in [0.05, 0.1) is 10.6 Å². The van der Waals surface area contributed by atoms with Crippen LogP contribution in [0.4, 0.5) is 0 Å². The summed E-state index contributed by atoms with van der Waals surface area (Å²) < 4.78 is 29.7. The Bertz CT molecular complexity index is 1320. The molecule has 0 radical (unpaired) electrons. The Balaban J connectivity index is 1.80. The molecule has 0 unspecified atom stereocenters. The number of hydrogen-bond donors (Lipinski definition) is 0. The SMILES string of the molecule is Cc1ccc(S(=O)(=O)n2c(Cc3ccccc3)c3c(c2-c2ccccc2)CCC3)cc1. The van der Waals surface area contributed by atoms with E-state index in [9.17, 15) is 8.42 Å². The van der Waals surface area contributed by atoms with Gasteiger partial charge in [-0.25, -0.2) is 12.4 Å². The topological polar surface area (TPSA) is 39.1 Å². The highest BCUT2D eigenvalue weighted by molar-refractivity contribution is 7.90. The second kappa shape index (κ2) is 7.86. The molecule has 4 aromatic rings. The van der Waals surface area contributed by atoms with Gasteiger partial charge in [0, 0.05) is 12.1 Å². The van der Waals surface area contributed by atoms with Crippen LogP contribution in [-0.4, -0.2) is 12.4 Å². The smallest absolute Gasteiger partial charge is 0.237 e. The van der Waals surface area contributed by atoms with Crippen LogP contribution in [0.3, 0.4) is 0 Å². The van der Waals surface area contributed by atoms with Gasteiger partial charge in [0.1, 0.15) is 0 Å². The summed E-state index contributed by atoms with van der Waals surface area (Å²) in [5.74, 6) is 0. The lowest BCUT2D eigenvalue weighted by Gasteiger charge is -2.17. The largest absolute Gasteiger partial charge is 0.268 e. The Hall–Kier alpha value is -3.11. The fraction of sp³-hybridized carbons (Fsp3) is 0.185. The Labute approximate surface area is 184 Å². The summed E-state index contributed by atoms with van der Waals surface area (Å²) in [6.45, 7) is 1.97. The molecule has 1 aromatic heterocycles. The molecule has 1 aliphatic rings. The molecule has 156 valence electrons. The Morgan fingerprint density at radius 1 is 0.774 bits per heavy atom. The minimum atomic E-state index is -3.75. The fourth-order valence-corrected chi connectivity index (χ4v) is 6.25. The van der Waals surface area contributed by atoms with Gasteiger partial charge in [-0.15, -0.1) is 0 Å². The van der Waals surface area contributed by atoms with Crippen LogP contribution in [0, 0.1) is 6.92 Å². The van der Waals surface area contributed by atoms with Crippen molar-refractivity contribution in [1.29, 1.82) is 0 Å². The van der Waals surface area contributed by atoms with Gasteiger partial charge >= 0.3 is 0 Å². The van der Waals surface area contributed by atoms with E-state index in [-0.39, 0.29) is 0 Å². The second-order valence-corrected chi connectivity index (χ2v) is 10.0. The van der Waals surface area contributed by atoms with Gasteiger partial charge in [-0.1, -0.05) is 78.4 Å². The van der Waals surface area contributed by atoms with Crippen LogP contribution >= 0.6 is 0 Å². The maximum atomic E-state index is 14.0. The van der Waals surface area contributed by atoms with Gasteiger partial charge in [-0.05, 0) is 60.6 Å². The summed E-state index contributed by atoms with van der Waals surface area (Å²) in [5, 5.41) is 0. The standard InChI is InChI=1S/C27H25NO2S/c1-20-15-17-23(18-16-20)31(29,30)28-26(19-21-9-4-2-5-10-21)24-13-8-14-25(24)27(28)22-11-6-3-7-12-22/h2-7,9-12,15-18H,8,13-14,19H2,1H3. The minimum Gasteiger partial charge on any atom is -0.237 e. The third-order valence-corrected chi connectivity index (χ3v) is 7.87. The Kier molecular flexibility index (Phi) is 5.03. The van der Waals surface area contributed by atoms with Crippen molar-refractivity contribution < 1.29 is 8.42 Å². The molecular formula is C27H25NO2S. The zero-order valence-corrected chi connectivity index (χ0v) is 18.4. The van der Waals surface area contributed by atoms with Gasteiger partial charge in [-0.3, -0.25) is 0 Å². The van der Waals surface area contributed by atoms with E-state index in [0.717, 1.165) is 47.3 Å². The summed E-state index contributed by atoms with van der Waals surface area (Å²) in [7, 11) is -3.75. The summed E-state index contributed by atoms with van der Waals surface area (Å²) in [6, 6.07) is 27.3. The summed E-state index contributed by atoms with van der Waals surface area (Å²) in [4.78, 5) is 0.332. The predicted octanol–water partition coefficient (Wildman–Crippen LogP) is 5.78. The van der Waals surface area contributed by atoms with Crippen molar-refractivity contribution in [3.05, 3.63) is 113 Å². The van der Waals surface area contributed by atoms with E-state index in [1.807, 2.05) is 67.6 Å². The first-order valence-corrected chi connectivity index (χ1v) is 12.2. The van der Waals surface area contributed by atoms with Gasteiger partial charge in [0.15, 0.2) is 0 Å². The first kappa shape index (κ1) is 19.8. The molecule has 0 bridgehead atoms. The van der Waals surface area contributed by atoms with Crippen molar-refractivity contribution in [3.8, 4) is 11.3 Å². The maximum absolute atomic E-state index is 14.0. The highest BCUT2D eigenvalue weighted by Gasteiger charge is 2.33. The lowest BCUT2D eigenvalue weighted by atomic mass is 10.0. The lowest BCUT2D eigenvalue weighted by Crippen LogP contribution is -2.18. The highest BCUT2D eigenvalue weighted by Crippen LogP contribution is 2.40. The normalized spacial score (nSPS) is 13.3. The first-order chi connectivity index (χ1) is 15.1. The first-order valence-electron chi connectivity index (χ1n) is 10.7. The lowest BCUT2D eigenvalue weighted by molar-refractivity contribution is 0.585. The van der Waals surface area contributed by atoms with Crippen LogP contribution in [0.2, 0.25) is 0 Å². The molecule has 0 fully saturated rings. The summed E-state index contributed by atoms with van der Waals surface area (Å²) in [6.07, 6.45) is 3.50. The number of aromatic nitrogens is 1. The average Bonchev–Trinajstić information content (AvgIpc) is 3.37. The summed E-state index contributed by atoms with van der Waals surface area (Å²) in [5.41, 5.74) is 7.25. The molecular weight excluding hydrogens is 402 g/mol. The maximum Gasteiger partial charge on any atom is 0.268 e. The van der Waals surface area contributed by atoms with Crippen molar-refractivity contribution in [1.82, 2.24) is 3.97 Å². The van der Waals surface area contributed by atoms with Gasteiger partial charge in [0.2, 0.25) is 0 Å². The number of fused-ring (bicyclic) bond motifs is 1. The molecule has 0 saturated heterocycles. The highest BCUT2D eigenvalue weighted by atomic mass is 32.2. The molecule has 0 aliphatic heterocycles. The van der Waals surface area contributed by atoms with E-state index < -0.39 is 10.0 Å². The van der Waals surface area contributed by atoms with E-state index >= 15 is 0 Å². The van der Waals surface area contributed by atoms with E-state index in [1.54, 1.807) is 16.1 Å². The van der Waals surface area contributed by atoms with Gasteiger partial charge in [0.25, 0.3) is 10.0 Å². The molecule has 1 heterocycles. The molecule has 3 nitrogen and oxygen atoms in total. The minimum absolute atomic E-state index is 0.332. The van der Waals surface area contributed by atoms with Gasteiger partial charge < -0.3 is 0 Å². The van der Waals surface area contributed by atoms with Crippen LogP contribution in [0.15, 0.2) is 89.8 Å². The number of hydrogen-bond acceptors (Lipinski definition) is 2. The van der Waals surface area contributed by atoms with Crippen molar-refractivity contribution in [2.45, 2.75) is 37.5 Å². The summed E-state index contributed by atoms with van der Waals surface area (Å²) >= 11 is 0. The van der Waals surface area contributed by atoms with Crippen LogP contribution in [0.25, 0.3) is 11.3 Å². The van der Waals surface area contributed by atoms with Crippen LogP contribution in [0.5, 0.6) is 0 Å². The number of aryl methyl sites for hydroxylation is 1. The number of rotatable bonds is 5. The molecule has 31 heavy (non-hydrogen) atoms. The average molecular weight is 428 g/mol. The van der Waals surface area contributed by atoms with Gasteiger partial charge in [-0.2, -0.15) is 0 Å². The zero-order valence-electron chi connectivity index (χ0n) is 17.6.